The van der Waals surface area contributed by atoms with Crippen LogP contribution in [0, 0.1) is 11.3 Å². The zero-order chi connectivity index (χ0) is 25.8. The lowest BCUT2D eigenvalue weighted by molar-refractivity contribution is -0.137. The number of nitrogens with zero attached hydrogens (tertiary/aromatic N) is 3. The van der Waals surface area contributed by atoms with Crippen molar-refractivity contribution in [1.29, 1.82) is 5.26 Å². The smallest absolute Gasteiger partial charge is 0.357 e. The summed E-state index contributed by atoms with van der Waals surface area (Å²) in [6, 6.07) is 9.94. The number of aromatic nitrogens is 1. The molecule has 1 aliphatic heterocycles. The SMILES string of the molecule is C=CCOC(=O)C(=C=c1sc(=C=CNc2cccc(CCCN3CCOCC3)c2)c(=O)n1CC)C#N. The highest BCUT2D eigenvalue weighted by atomic mass is 32.1. The molecule has 0 unspecified atom stereocenters. The zero-order valence-corrected chi connectivity index (χ0v) is 21.2. The van der Waals surface area contributed by atoms with Gasteiger partial charge >= 0.3 is 5.97 Å². The minimum absolute atomic E-state index is 0.0147. The maximum absolute atomic E-state index is 12.8. The van der Waals surface area contributed by atoms with Crippen LogP contribution in [0.15, 0.2) is 53.5 Å². The number of anilines is 1. The molecule has 1 saturated heterocycles. The number of hydrogen-bond donors (Lipinski definition) is 1. The summed E-state index contributed by atoms with van der Waals surface area (Å²) in [7, 11) is 0. The van der Waals surface area contributed by atoms with Crippen molar-refractivity contribution in [2.75, 3.05) is 44.8 Å². The summed E-state index contributed by atoms with van der Waals surface area (Å²) in [5, 5.41) is 12.5. The first-order valence-corrected chi connectivity index (χ1v) is 12.7. The third-order valence-corrected chi connectivity index (χ3v) is 6.50. The maximum Gasteiger partial charge on any atom is 0.357 e. The summed E-state index contributed by atoms with van der Waals surface area (Å²) in [4.78, 5) is 27.2. The molecule has 0 aliphatic carbocycles. The van der Waals surface area contributed by atoms with Crippen LogP contribution >= 0.6 is 11.3 Å². The van der Waals surface area contributed by atoms with Gasteiger partial charge in [0.25, 0.3) is 5.56 Å². The predicted octanol–water partition coefficient (Wildman–Crippen LogP) is 1.76. The molecule has 8 nitrogen and oxygen atoms in total. The Kier molecular flexibility index (Phi) is 10.5. The van der Waals surface area contributed by atoms with E-state index in [-0.39, 0.29) is 17.7 Å². The van der Waals surface area contributed by atoms with Crippen LogP contribution in [0.5, 0.6) is 0 Å². The van der Waals surface area contributed by atoms with Gasteiger partial charge in [-0.3, -0.25) is 14.3 Å². The first kappa shape index (κ1) is 27.0. The third-order valence-electron chi connectivity index (χ3n) is 5.49. The quantitative estimate of drug-likeness (QED) is 0.227. The van der Waals surface area contributed by atoms with E-state index in [1.165, 1.54) is 16.2 Å². The van der Waals surface area contributed by atoms with E-state index in [1.807, 2.05) is 12.1 Å². The topological polar surface area (TPSA) is 96.6 Å². The number of morpholine rings is 1. The van der Waals surface area contributed by atoms with Gasteiger partial charge in [0, 0.05) is 31.5 Å². The van der Waals surface area contributed by atoms with Gasteiger partial charge in [-0.2, -0.15) is 5.26 Å². The summed E-state index contributed by atoms with van der Waals surface area (Å²) < 4.78 is 12.4. The maximum atomic E-state index is 12.8. The normalized spacial score (nSPS) is 13.1. The Hall–Kier alpha value is -3.63. The van der Waals surface area contributed by atoms with Gasteiger partial charge in [0.05, 0.1) is 13.2 Å². The Balaban J connectivity index is 1.77. The van der Waals surface area contributed by atoms with Crippen LogP contribution in [-0.2, 0) is 27.2 Å². The molecule has 0 amide bonds. The number of nitriles is 1. The fourth-order valence-corrected chi connectivity index (χ4v) is 4.64. The molecular formula is C27H30N4O4S. The van der Waals surface area contributed by atoms with Gasteiger partial charge in [-0.25, -0.2) is 4.79 Å². The number of carbonyl (C=O) groups excluding carboxylic acids is 1. The highest BCUT2D eigenvalue weighted by Crippen LogP contribution is 2.13. The van der Waals surface area contributed by atoms with Crippen LogP contribution < -0.4 is 20.1 Å². The Morgan fingerprint density at radius 3 is 2.89 bits per heavy atom. The van der Waals surface area contributed by atoms with Gasteiger partial charge in [-0.1, -0.05) is 47.6 Å². The van der Waals surface area contributed by atoms with Crippen molar-refractivity contribution in [1.82, 2.24) is 9.47 Å². The first-order chi connectivity index (χ1) is 17.5. The zero-order valence-electron chi connectivity index (χ0n) is 20.4. The Labute approximate surface area is 214 Å². The number of esters is 1. The largest absolute Gasteiger partial charge is 0.457 e. The second-order valence-electron chi connectivity index (χ2n) is 7.98. The second-order valence-corrected chi connectivity index (χ2v) is 8.97. The molecule has 3 rings (SSSR count). The molecule has 1 fully saturated rings. The number of hydrogen-bond acceptors (Lipinski definition) is 8. The summed E-state index contributed by atoms with van der Waals surface area (Å²) in [6.07, 6.45) is 5.06. The number of carbonyl (C=O) groups is 1. The molecule has 1 aliphatic rings. The molecule has 2 aromatic rings. The van der Waals surface area contributed by atoms with Gasteiger partial charge < -0.3 is 14.8 Å². The van der Waals surface area contributed by atoms with Crippen LogP contribution in [0.2, 0.25) is 0 Å². The average Bonchev–Trinajstić information content (AvgIpc) is 3.20. The summed E-state index contributed by atoms with van der Waals surface area (Å²) in [6.45, 7) is 10.3. The van der Waals surface area contributed by atoms with Gasteiger partial charge in [0.2, 0.25) is 0 Å². The van der Waals surface area contributed by atoms with Crippen LogP contribution in [0.1, 0.15) is 18.9 Å². The van der Waals surface area contributed by atoms with Crippen molar-refractivity contribution in [3.05, 3.63) is 73.8 Å². The van der Waals surface area contributed by atoms with E-state index in [4.69, 9.17) is 9.47 Å². The van der Waals surface area contributed by atoms with Gasteiger partial charge in [-0.15, -0.1) is 0 Å². The molecule has 2 heterocycles. The van der Waals surface area contributed by atoms with Crippen molar-refractivity contribution in [2.24, 2.45) is 0 Å². The number of aryl methyl sites for hydroxylation is 1. The highest BCUT2D eigenvalue weighted by molar-refractivity contribution is 7.07. The van der Waals surface area contributed by atoms with Crippen LogP contribution in [0.25, 0.3) is 11.5 Å². The van der Waals surface area contributed by atoms with Crippen molar-refractivity contribution in [3.63, 3.8) is 0 Å². The fourth-order valence-electron chi connectivity index (χ4n) is 3.65. The fraction of sp³-hybridized carbons (Fsp3) is 0.370. The lowest BCUT2D eigenvalue weighted by Gasteiger charge is -2.26. The summed E-state index contributed by atoms with van der Waals surface area (Å²) in [5.74, 6) is -0.812. The van der Waals surface area contributed by atoms with E-state index < -0.39 is 5.97 Å². The van der Waals surface area contributed by atoms with Gasteiger partial charge in [0.15, 0.2) is 5.57 Å². The van der Waals surface area contributed by atoms with Crippen molar-refractivity contribution in [2.45, 2.75) is 26.3 Å². The molecule has 1 aromatic carbocycles. The van der Waals surface area contributed by atoms with Crippen molar-refractivity contribution >= 4 is 34.5 Å². The number of ether oxygens (including phenoxy) is 2. The van der Waals surface area contributed by atoms with Gasteiger partial charge in [0.1, 0.15) is 21.9 Å². The van der Waals surface area contributed by atoms with E-state index in [2.05, 4.69) is 40.4 Å². The number of nitrogens with one attached hydrogen (secondary N) is 1. The molecule has 36 heavy (non-hydrogen) atoms. The number of thiazole rings is 1. The molecule has 1 aromatic heterocycles. The van der Waals surface area contributed by atoms with Crippen LogP contribution in [0.4, 0.5) is 5.69 Å². The van der Waals surface area contributed by atoms with E-state index in [0.717, 1.165) is 62.7 Å². The Morgan fingerprint density at radius 2 is 2.17 bits per heavy atom. The van der Waals surface area contributed by atoms with Crippen LogP contribution in [0.3, 0.4) is 0 Å². The Bertz CT molecular complexity index is 1370. The van der Waals surface area contributed by atoms with E-state index >= 15 is 0 Å². The van der Waals surface area contributed by atoms with Crippen LogP contribution in [-0.4, -0.2) is 54.9 Å². The summed E-state index contributed by atoms with van der Waals surface area (Å²) in [5.41, 5.74) is 7.27. The van der Waals surface area contributed by atoms with Crippen molar-refractivity contribution in [3.8, 4) is 6.07 Å². The van der Waals surface area contributed by atoms with E-state index in [1.54, 1.807) is 19.2 Å². The molecule has 0 bridgehead atoms. The molecule has 1 N–H and O–H groups in total. The molecular weight excluding hydrogens is 476 g/mol. The lowest BCUT2D eigenvalue weighted by atomic mass is 10.1. The predicted molar refractivity (Wildman–Crippen MR) is 141 cm³/mol. The monoisotopic (exact) mass is 506 g/mol. The van der Waals surface area contributed by atoms with Gasteiger partial charge in [-0.05, 0) is 44.0 Å². The molecule has 9 heteroatoms. The number of rotatable bonds is 10. The number of benzene rings is 1. The average molecular weight is 507 g/mol. The molecule has 0 atom stereocenters. The van der Waals surface area contributed by atoms with E-state index in [0.29, 0.717) is 15.7 Å². The lowest BCUT2D eigenvalue weighted by Crippen LogP contribution is -2.36. The second kappa shape index (κ2) is 14.1. The summed E-state index contributed by atoms with van der Waals surface area (Å²) >= 11 is 1.10. The highest BCUT2D eigenvalue weighted by Gasteiger charge is 2.11. The first-order valence-electron chi connectivity index (χ1n) is 11.8. The molecule has 0 saturated carbocycles. The Morgan fingerprint density at radius 1 is 1.36 bits per heavy atom. The minimum atomic E-state index is -0.812. The standard InChI is InChI=1S/C27H30N4O4S/c1-3-15-35-27(33)22(20-28)19-25-31(4-2)26(32)24(36-25)10-11-29-23-9-5-7-21(18-23)8-6-12-30-13-16-34-17-14-30/h3,5,7,9,11,18,29H,1,4,6,8,12-17H2,2H3. The molecule has 0 radical (unpaired) electrons. The minimum Gasteiger partial charge on any atom is -0.457 e. The van der Waals surface area contributed by atoms with E-state index in [9.17, 15) is 14.9 Å². The van der Waals surface area contributed by atoms with Crippen molar-refractivity contribution < 1.29 is 14.3 Å². The third kappa shape index (κ3) is 7.69. The molecule has 188 valence electrons. The molecule has 0 spiro atoms.